The Morgan fingerprint density at radius 3 is 2.80 bits per heavy atom. The normalized spacial score (nSPS) is 22.4. The molecule has 2 unspecified atom stereocenters. The van der Waals surface area contributed by atoms with Crippen LogP contribution in [0.1, 0.15) is 37.8 Å². The number of anilines is 1. The Morgan fingerprint density at radius 1 is 1.35 bits per heavy atom. The summed E-state index contributed by atoms with van der Waals surface area (Å²) in [4.78, 5) is 0. The Morgan fingerprint density at radius 2 is 2.15 bits per heavy atom. The van der Waals surface area contributed by atoms with Crippen LogP contribution in [-0.2, 0) is 0 Å². The van der Waals surface area contributed by atoms with E-state index in [0.717, 1.165) is 6.42 Å². The Hall–Kier alpha value is -1.98. The van der Waals surface area contributed by atoms with Gasteiger partial charge >= 0.3 is 0 Å². The lowest BCUT2D eigenvalue weighted by Crippen LogP contribution is -2.14. The minimum atomic E-state index is -0.325. The van der Waals surface area contributed by atoms with Crippen molar-refractivity contribution in [1.29, 1.82) is 0 Å². The van der Waals surface area contributed by atoms with Crippen LogP contribution in [-0.4, -0.2) is 20.2 Å². The van der Waals surface area contributed by atoms with Gasteiger partial charge in [0.05, 0.1) is 6.04 Å². The summed E-state index contributed by atoms with van der Waals surface area (Å²) in [7, 11) is 0. The molecule has 6 heteroatoms. The van der Waals surface area contributed by atoms with Gasteiger partial charge in [-0.1, -0.05) is 13.3 Å². The molecule has 1 aliphatic rings. The Labute approximate surface area is 117 Å². The number of hydrogen-bond acceptors (Lipinski definition) is 4. The van der Waals surface area contributed by atoms with Crippen molar-refractivity contribution in [1.82, 2.24) is 20.2 Å². The first kappa shape index (κ1) is 13.0. The Balaban J connectivity index is 2.05. The lowest BCUT2D eigenvalue weighted by molar-refractivity contribution is 0.370. The highest BCUT2D eigenvalue weighted by Gasteiger charge is 2.28. The molecule has 20 heavy (non-hydrogen) atoms. The van der Waals surface area contributed by atoms with Gasteiger partial charge in [-0.25, -0.2) is 9.07 Å². The lowest BCUT2D eigenvalue weighted by Gasteiger charge is -2.17. The molecule has 0 radical (unpaired) electrons. The van der Waals surface area contributed by atoms with Crippen LogP contribution in [0.4, 0.5) is 10.1 Å². The maximum absolute atomic E-state index is 13.9. The molecule has 106 valence electrons. The first-order valence-electron chi connectivity index (χ1n) is 6.91. The number of nitrogens with two attached hydrogens (primary N) is 1. The van der Waals surface area contributed by atoms with Crippen molar-refractivity contribution < 1.29 is 4.39 Å². The molecule has 1 saturated carbocycles. The molecule has 0 bridgehead atoms. The molecule has 2 N–H and O–H groups in total. The highest BCUT2D eigenvalue weighted by molar-refractivity contribution is 5.64. The number of rotatable bonds is 2. The summed E-state index contributed by atoms with van der Waals surface area (Å²) < 4.78 is 15.7. The molecule has 1 fully saturated rings. The maximum Gasteiger partial charge on any atom is 0.182 e. The highest BCUT2D eigenvalue weighted by atomic mass is 19.1. The van der Waals surface area contributed by atoms with E-state index in [1.54, 1.807) is 13.0 Å². The predicted octanol–water partition coefficient (Wildman–Crippen LogP) is 2.73. The second-order valence-electron chi connectivity index (χ2n) is 5.59. The average molecular weight is 275 g/mol. The van der Waals surface area contributed by atoms with E-state index in [2.05, 4.69) is 22.4 Å². The molecule has 1 aromatic carbocycles. The average Bonchev–Trinajstić information content (AvgIpc) is 3.03. The monoisotopic (exact) mass is 275 g/mol. The van der Waals surface area contributed by atoms with E-state index in [1.807, 2.05) is 4.68 Å². The van der Waals surface area contributed by atoms with Crippen molar-refractivity contribution in [2.45, 2.75) is 39.2 Å². The van der Waals surface area contributed by atoms with Crippen LogP contribution in [0.2, 0.25) is 0 Å². The lowest BCUT2D eigenvalue weighted by atomic mass is 10.1. The molecule has 5 nitrogen and oxygen atoms in total. The zero-order chi connectivity index (χ0) is 14.3. The topological polar surface area (TPSA) is 69.6 Å². The summed E-state index contributed by atoms with van der Waals surface area (Å²) in [6.07, 6.45) is 3.41. The molecule has 3 rings (SSSR count). The van der Waals surface area contributed by atoms with Gasteiger partial charge in [0.15, 0.2) is 5.82 Å². The van der Waals surface area contributed by atoms with Crippen LogP contribution >= 0.6 is 0 Å². The minimum Gasteiger partial charge on any atom is -0.398 e. The number of tetrazole rings is 1. The molecule has 0 spiro atoms. The fourth-order valence-electron chi connectivity index (χ4n) is 2.93. The van der Waals surface area contributed by atoms with E-state index in [9.17, 15) is 4.39 Å². The summed E-state index contributed by atoms with van der Waals surface area (Å²) >= 11 is 0. The van der Waals surface area contributed by atoms with Gasteiger partial charge in [0, 0.05) is 16.8 Å². The van der Waals surface area contributed by atoms with Gasteiger partial charge in [0.25, 0.3) is 0 Å². The molecule has 0 saturated heterocycles. The maximum atomic E-state index is 13.9. The summed E-state index contributed by atoms with van der Waals surface area (Å²) in [5.41, 5.74) is 7.36. The fraction of sp³-hybridized carbons (Fsp3) is 0.500. The molecule has 2 atom stereocenters. The number of nitrogens with zero attached hydrogens (tertiary/aromatic N) is 4. The summed E-state index contributed by atoms with van der Waals surface area (Å²) in [5.74, 6) is 0.799. The quantitative estimate of drug-likeness (QED) is 0.855. The molecular weight excluding hydrogens is 257 g/mol. The smallest absolute Gasteiger partial charge is 0.182 e. The van der Waals surface area contributed by atoms with Gasteiger partial charge in [0.2, 0.25) is 0 Å². The van der Waals surface area contributed by atoms with E-state index in [4.69, 9.17) is 5.73 Å². The number of hydrogen-bond donors (Lipinski definition) is 1. The fourth-order valence-corrected chi connectivity index (χ4v) is 2.93. The van der Waals surface area contributed by atoms with Crippen LogP contribution in [0, 0.1) is 18.7 Å². The van der Waals surface area contributed by atoms with Crippen LogP contribution in [0.3, 0.4) is 0 Å². The highest BCUT2D eigenvalue weighted by Crippen LogP contribution is 2.37. The second kappa shape index (κ2) is 4.85. The van der Waals surface area contributed by atoms with Gasteiger partial charge in [-0.05, 0) is 48.2 Å². The van der Waals surface area contributed by atoms with Crippen molar-refractivity contribution in [3.05, 3.63) is 23.5 Å². The summed E-state index contributed by atoms with van der Waals surface area (Å²) in [5, 5.41) is 11.9. The number of aromatic nitrogens is 4. The van der Waals surface area contributed by atoms with Gasteiger partial charge in [0.1, 0.15) is 5.82 Å². The van der Waals surface area contributed by atoms with Crippen LogP contribution in [0.15, 0.2) is 12.1 Å². The van der Waals surface area contributed by atoms with E-state index in [-0.39, 0.29) is 11.9 Å². The van der Waals surface area contributed by atoms with Crippen molar-refractivity contribution >= 4 is 5.69 Å². The van der Waals surface area contributed by atoms with E-state index < -0.39 is 0 Å². The van der Waals surface area contributed by atoms with Gasteiger partial charge in [-0.3, -0.25) is 0 Å². The second-order valence-corrected chi connectivity index (χ2v) is 5.59. The third-order valence-electron chi connectivity index (χ3n) is 4.27. The molecule has 0 aliphatic heterocycles. The zero-order valence-electron chi connectivity index (χ0n) is 11.7. The third-order valence-corrected chi connectivity index (χ3v) is 4.27. The number of nitrogen functional groups attached to an aromatic ring is 1. The summed E-state index contributed by atoms with van der Waals surface area (Å²) in [6.45, 7) is 3.86. The predicted molar refractivity (Wildman–Crippen MR) is 74.4 cm³/mol. The molecule has 1 aromatic heterocycles. The standard InChI is InChI=1S/C14H18FN5/c1-8-4-3-5-13(8)20-14(17-18-19-20)10-6-11(15)9(2)12(16)7-10/h6-8,13H,3-5,16H2,1-2H3. The summed E-state index contributed by atoms with van der Waals surface area (Å²) in [6, 6.07) is 3.47. The molecule has 0 amide bonds. The van der Waals surface area contributed by atoms with Crippen molar-refractivity contribution in [3.8, 4) is 11.4 Å². The number of benzene rings is 1. The van der Waals surface area contributed by atoms with Crippen LogP contribution in [0.5, 0.6) is 0 Å². The van der Waals surface area contributed by atoms with Crippen LogP contribution < -0.4 is 5.73 Å². The zero-order valence-corrected chi connectivity index (χ0v) is 11.7. The first-order chi connectivity index (χ1) is 9.58. The van der Waals surface area contributed by atoms with Gasteiger partial charge < -0.3 is 5.73 Å². The molecule has 2 aromatic rings. The number of halogens is 1. The minimum absolute atomic E-state index is 0.283. The SMILES string of the molecule is Cc1c(N)cc(-c2nnnn2C2CCCC2C)cc1F. The van der Waals surface area contributed by atoms with E-state index in [0.29, 0.717) is 28.6 Å². The molecular formula is C14H18FN5. The first-order valence-corrected chi connectivity index (χ1v) is 6.91. The van der Waals surface area contributed by atoms with E-state index in [1.165, 1.54) is 18.9 Å². The largest absolute Gasteiger partial charge is 0.398 e. The van der Waals surface area contributed by atoms with Crippen LogP contribution in [0.25, 0.3) is 11.4 Å². The van der Waals surface area contributed by atoms with E-state index >= 15 is 0 Å². The van der Waals surface area contributed by atoms with Gasteiger partial charge in [-0.2, -0.15) is 0 Å². The van der Waals surface area contributed by atoms with Gasteiger partial charge in [-0.15, -0.1) is 5.10 Å². The third kappa shape index (κ3) is 2.05. The van der Waals surface area contributed by atoms with Crippen molar-refractivity contribution in [2.75, 3.05) is 5.73 Å². The molecule has 1 heterocycles. The Kier molecular flexibility index (Phi) is 3.16. The molecule has 1 aliphatic carbocycles. The van der Waals surface area contributed by atoms with Crippen molar-refractivity contribution in [3.63, 3.8) is 0 Å². The Bertz CT molecular complexity index is 613. The van der Waals surface area contributed by atoms with Crippen molar-refractivity contribution in [2.24, 2.45) is 5.92 Å².